The third-order valence-electron chi connectivity index (χ3n) is 4.54. The number of hydrogen-bond acceptors (Lipinski definition) is 3. The lowest BCUT2D eigenvalue weighted by molar-refractivity contribution is -0.124. The van der Waals surface area contributed by atoms with Gasteiger partial charge < -0.3 is 5.11 Å². The van der Waals surface area contributed by atoms with E-state index >= 15 is 0 Å². The maximum absolute atomic E-state index is 11.5. The molecule has 0 rings (SSSR count). The molecule has 0 fully saturated rings. The summed E-state index contributed by atoms with van der Waals surface area (Å²) in [7, 11) is 0. The van der Waals surface area contributed by atoms with Gasteiger partial charge in [-0.05, 0) is 31.1 Å². The SMILES string of the molecule is CCC(C)N(CC(=O)CO)CC(C)(CC)C(C)C. The van der Waals surface area contributed by atoms with Crippen LogP contribution < -0.4 is 0 Å². The van der Waals surface area contributed by atoms with Crippen LogP contribution >= 0.6 is 0 Å². The van der Waals surface area contributed by atoms with Gasteiger partial charge in [0.2, 0.25) is 0 Å². The van der Waals surface area contributed by atoms with Crippen molar-refractivity contribution in [1.82, 2.24) is 4.90 Å². The van der Waals surface area contributed by atoms with Crippen molar-refractivity contribution in [3.8, 4) is 0 Å². The predicted molar refractivity (Wildman–Crippen MR) is 76.7 cm³/mol. The highest BCUT2D eigenvalue weighted by molar-refractivity contribution is 5.81. The van der Waals surface area contributed by atoms with Crippen LogP contribution in [0.5, 0.6) is 0 Å². The van der Waals surface area contributed by atoms with Crippen molar-refractivity contribution in [2.24, 2.45) is 11.3 Å². The molecule has 0 heterocycles. The molecule has 0 aromatic carbocycles. The number of hydrogen-bond donors (Lipinski definition) is 1. The molecule has 0 saturated heterocycles. The third-order valence-corrected chi connectivity index (χ3v) is 4.54. The Kier molecular flexibility index (Phi) is 7.72. The highest BCUT2D eigenvalue weighted by Crippen LogP contribution is 2.32. The second kappa shape index (κ2) is 7.90. The monoisotopic (exact) mass is 257 g/mol. The number of aliphatic hydroxyl groups is 1. The van der Waals surface area contributed by atoms with Crippen LogP contribution in [-0.2, 0) is 4.79 Å². The van der Waals surface area contributed by atoms with Gasteiger partial charge in [-0.1, -0.05) is 34.6 Å². The molecule has 108 valence electrons. The normalized spacial score (nSPS) is 16.9. The molecular weight excluding hydrogens is 226 g/mol. The molecule has 0 amide bonds. The van der Waals surface area contributed by atoms with Gasteiger partial charge in [0.05, 0.1) is 6.54 Å². The fourth-order valence-corrected chi connectivity index (χ4v) is 2.07. The maximum Gasteiger partial charge on any atom is 0.172 e. The lowest BCUT2D eigenvalue weighted by atomic mass is 9.76. The van der Waals surface area contributed by atoms with Crippen molar-refractivity contribution >= 4 is 5.78 Å². The molecular formula is C15H31NO2. The lowest BCUT2D eigenvalue weighted by Gasteiger charge is -2.40. The maximum atomic E-state index is 11.5. The summed E-state index contributed by atoms with van der Waals surface area (Å²) in [5.41, 5.74) is 0.221. The van der Waals surface area contributed by atoms with Gasteiger partial charge in [-0.25, -0.2) is 0 Å². The van der Waals surface area contributed by atoms with E-state index in [-0.39, 0.29) is 17.8 Å². The molecule has 2 unspecified atom stereocenters. The predicted octanol–water partition coefficient (Wildman–Crippen LogP) is 2.72. The summed E-state index contributed by atoms with van der Waals surface area (Å²) in [6.07, 6.45) is 2.13. The summed E-state index contributed by atoms with van der Waals surface area (Å²) in [5, 5.41) is 8.93. The van der Waals surface area contributed by atoms with Crippen molar-refractivity contribution in [1.29, 1.82) is 0 Å². The molecule has 18 heavy (non-hydrogen) atoms. The van der Waals surface area contributed by atoms with Crippen LogP contribution in [0.25, 0.3) is 0 Å². The van der Waals surface area contributed by atoms with Crippen LogP contribution in [0.15, 0.2) is 0 Å². The number of carbonyl (C=O) groups excluding carboxylic acids is 1. The van der Waals surface area contributed by atoms with Crippen molar-refractivity contribution in [3.63, 3.8) is 0 Å². The van der Waals surface area contributed by atoms with Crippen molar-refractivity contribution in [2.45, 2.75) is 60.4 Å². The Hall–Kier alpha value is -0.410. The van der Waals surface area contributed by atoms with E-state index in [1.807, 2.05) is 0 Å². The Morgan fingerprint density at radius 1 is 1.28 bits per heavy atom. The zero-order chi connectivity index (χ0) is 14.3. The van der Waals surface area contributed by atoms with Gasteiger partial charge in [-0.3, -0.25) is 9.69 Å². The topological polar surface area (TPSA) is 40.5 Å². The molecule has 0 aromatic rings. The minimum Gasteiger partial charge on any atom is -0.389 e. The van der Waals surface area contributed by atoms with Crippen LogP contribution in [0.3, 0.4) is 0 Å². The summed E-state index contributed by atoms with van der Waals surface area (Å²) in [5.74, 6) is 0.496. The minimum absolute atomic E-state index is 0.0856. The Morgan fingerprint density at radius 3 is 2.17 bits per heavy atom. The van der Waals surface area contributed by atoms with E-state index in [0.29, 0.717) is 18.5 Å². The molecule has 0 spiro atoms. The standard InChI is InChI=1S/C15H31NO2/c1-7-13(5)16(9-14(18)10-17)11-15(6,8-2)12(3)4/h12-13,17H,7-11H2,1-6H3. The van der Waals surface area contributed by atoms with Crippen LogP contribution in [0.4, 0.5) is 0 Å². The highest BCUT2D eigenvalue weighted by Gasteiger charge is 2.30. The Bertz CT molecular complexity index is 253. The molecule has 3 nitrogen and oxygen atoms in total. The van der Waals surface area contributed by atoms with E-state index < -0.39 is 0 Å². The number of rotatable bonds is 9. The van der Waals surface area contributed by atoms with E-state index in [1.54, 1.807) is 0 Å². The van der Waals surface area contributed by atoms with Gasteiger partial charge in [-0.2, -0.15) is 0 Å². The summed E-state index contributed by atoms with van der Waals surface area (Å²) >= 11 is 0. The lowest BCUT2D eigenvalue weighted by Crippen LogP contribution is -2.45. The van der Waals surface area contributed by atoms with Gasteiger partial charge in [0, 0.05) is 12.6 Å². The molecule has 0 aliphatic carbocycles. The zero-order valence-electron chi connectivity index (χ0n) is 13.0. The van der Waals surface area contributed by atoms with E-state index in [1.165, 1.54) is 0 Å². The Morgan fingerprint density at radius 2 is 1.83 bits per heavy atom. The van der Waals surface area contributed by atoms with Crippen molar-refractivity contribution < 1.29 is 9.90 Å². The van der Waals surface area contributed by atoms with E-state index in [4.69, 9.17) is 5.11 Å². The molecule has 0 saturated carbocycles. The average Bonchev–Trinajstić information content (AvgIpc) is 2.36. The fraction of sp³-hybridized carbons (Fsp3) is 0.933. The largest absolute Gasteiger partial charge is 0.389 e. The fourth-order valence-electron chi connectivity index (χ4n) is 2.07. The number of Topliss-reactive ketones (excluding diaryl/α,β-unsaturated/α-hetero) is 1. The van der Waals surface area contributed by atoms with Crippen LogP contribution in [0.2, 0.25) is 0 Å². The summed E-state index contributed by atoms with van der Waals surface area (Å²) < 4.78 is 0. The molecule has 1 N–H and O–H groups in total. The number of nitrogens with zero attached hydrogens (tertiary/aromatic N) is 1. The second-order valence-corrected chi connectivity index (χ2v) is 6.02. The first-order valence-corrected chi connectivity index (χ1v) is 7.17. The quantitative estimate of drug-likeness (QED) is 0.690. The van der Waals surface area contributed by atoms with Gasteiger partial charge in [0.1, 0.15) is 6.61 Å². The first-order valence-electron chi connectivity index (χ1n) is 7.17. The number of aliphatic hydroxyl groups excluding tert-OH is 1. The molecule has 3 heteroatoms. The first-order chi connectivity index (χ1) is 8.30. The minimum atomic E-state index is -0.350. The van der Waals surface area contributed by atoms with E-state index in [9.17, 15) is 4.79 Å². The van der Waals surface area contributed by atoms with Crippen LogP contribution in [0.1, 0.15) is 54.4 Å². The summed E-state index contributed by atoms with van der Waals surface area (Å²) in [6.45, 7) is 14.2. The Balaban J connectivity index is 4.81. The molecule has 0 bridgehead atoms. The number of carbonyl (C=O) groups is 1. The average molecular weight is 257 g/mol. The smallest absolute Gasteiger partial charge is 0.172 e. The summed E-state index contributed by atoms with van der Waals surface area (Å²) in [4.78, 5) is 13.7. The van der Waals surface area contributed by atoms with Gasteiger partial charge in [-0.15, -0.1) is 0 Å². The van der Waals surface area contributed by atoms with E-state index in [0.717, 1.165) is 19.4 Å². The molecule has 0 aliphatic rings. The van der Waals surface area contributed by atoms with Crippen LogP contribution in [0, 0.1) is 11.3 Å². The molecule has 0 aliphatic heterocycles. The summed E-state index contributed by atoms with van der Waals surface area (Å²) in [6, 6.07) is 0.380. The van der Waals surface area contributed by atoms with Gasteiger partial charge >= 0.3 is 0 Å². The van der Waals surface area contributed by atoms with Crippen LogP contribution in [-0.4, -0.2) is 41.5 Å². The zero-order valence-corrected chi connectivity index (χ0v) is 13.0. The van der Waals surface area contributed by atoms with Gasteiger partial charge in [0.15, 0.2) is 5.78 Å². The third kappa shape index (κ3) is 5.07. The van der Waals surface area contributed by atoms with Crippen molar-refractivity contribution in [3.05, 3.63) is 0 Å². The highest BCUT2D eigenvalue weighted by atomic mass is 16.3. The first kappa shape index (κ1) is 17.6. The van der Waals surface area contributed by atoms with Gasteiger partial charge in [0.25, 0.3) is 0 Å². The molecule has 2 atom stereocenters. The Labute approximate surface area is 113 Å². The number of ketones is 1. The molecule has 0 aromatic heterocycles. The second-order valence-electron chi connectivity index (χ2n) is 6.02. The van der Waals surface area contributed by atoms with E-state index in [2.05, 4.69) is 46.4 Å². The molecule has 0 radical (unpaired) electrons. The van der Waals surface area contributed by atoms with Crippen molar-refractivity contribution in [2.75, 3.05) is 19.7 Å².